The summed E-state index contributed by atoms with van der Waals surface area (Å²) < 4.78 is 0. The number of anilines is 1. The lowest BCUT2D eigenvalue weighted by molar-refractivity contribution is 0.614. The van der Waals surface area contributed by atoms with Gasteiger partial charge in [-0.3, -0.25) is 0 Å². The zero-order chi connectivity index (χ0) is 10.5. The van der Waals surface area contributed by atoms with Gasteiger partial charge in [0.2, 0.25) is 0 Å². The first kappa shape index (κ1) is 9.87. The van der Waals surface area contributed by atoms with Crippen LogP contribution in [0.1, 0.15) is 12.1 Å². The summed E-state index contributed by atoms with van der Waals surface area (Å²) in [7, 11) is 0. The van der Waals surface area contributed by atoms with Gasteiger partial charge in [-0.15, -0.1) is 0 Å². The van der Waals surface area contributed by atoms with E-state index >= 15 is 0 Å². The number of hydrogen-bond acceptors (Lipinski definition) is 5. The molecule has 0 radical (unpaired) electrons. The summed E-state index contributed by atoms with van der Waals surface area (Å²) in [5.41, 5.74) is 0.364. The lowest BCUT2D eigenvalue weighted by Gasteiger charge is -2.10. The number of nitrogens with one attached hydrogen (secondary N) is 2. The average Bonchev–Trinajstić information content (AvgIpc) is 2.79. The Labute approximate surface area is 88.5 Å². The van der Waals surface area contributed by atoms with Crippen LogP contribution in [0.4, 0.5) is 5.82 Å². The molecule has 5 heteroatoms. The van der Waals surface area contributed by atoms with Gasteiger partial charge in [-0.2, -0.15) is 5.26 Å². The largest absolute Gasteiger partial charge is 0.367 e. The Kier molecular flexibility index (Phi) is 3.10. The molecule has 0 saturated carbocycles. The highest BCUT2D eigenvalue weighted by atomic mass is 15.0. The molecule has 1 aliphatic heterocycles. The topological polar surface area (TPSA) is 73.6 Å². The second-order valence-corrected chi connectivity index (χ2v) is 3.61. The summed E-state index contributed by atoms with van der Waals surface area (Å²) >= 11 is 0. The third kappa shape index (κ3) is 2.42. The molecule has 1 unspecified atom stereocenters. The van der Waals surface area contributed by atoms with E-state index in [-0.39, 0.29) is 0 Å². The Balaban J connectivity index is 1.95. The number of nitriles is 1. The number of aromatic nitrogens is 2. The molecule has 15 heavy (non-hydrogen) atoms. The van der Waals surface area contributed by atoms with Gasteiger partial charge in [-0.1, -0.05) is 0 Å². The van der Waals surface area contributed by atoms with Crippen LogP contribution in [-0.4, -0.2) is 29.6 Å². The third-order valence-corrected chi connectivity index (χ3v) is 2.52. The van der Waals surface area contributed by atoms with Gasteiger partial charge in [-0.05, 0) is 25.4 Å². The fourth-order valence-electron chi connectivity index (χ4n) is 1.68. The van der Waals surface area contributed by atoms with Crippen molar-refractivity contribution in [3.8, 4) is 6.07 Å². The average molecular weight is 203 g/mol. The highest BCUT2D eigenvalue weighted by Crippen LogP contribution is 2.11. The van der Waals surface area contributed by atoms with Crippen LogP contribution in [0.15, 0.2) is 12.4 Å². The van der Waals surface area contributed by atoms with E-state index in [0.717, 1.165) is 19.6 Å². The second-order valence-electron chi connectivity index (χ2n) is 3.61. The van der Waals surface area contributed by atoms with Crippen molar-refractivity contribution in [3.05, 3.63) is 18.1 Å². The smallest absolute Gasteiger partial charge is 0.182 e. The Morgan fingerprint density at radius 1 is 1.53 bits per heavy atom. The molecule has 1 atom stereocenters. The van der Waals surface area contributed by atoms with Crippen molar-refractivity contribution in [2.75, 3.05) is 25.0 Å². The van der Waals surface area contributed by atoms with Crippen LogP contribution in [-0.2, 0) is 0 Å². The minimum Gasteiger partial charge on any atom is -0.367 e. The van der Waals surface area contributed by atoms with Gasteiger partial charge in [0.15, 0.2) is 11.5 Å². The molecular weight excluding hydrogens is 190 g/mol. The van der Waals surface area contributed by atoms with E-state index in [1.807, 2.05) is 6.07 Å². The number of nitrogens with zero attached hydrogens (tertiary/aromatic N) is 3. The highest BCUT2D eigenvalue weighted by molar-refractivity contribution is 5.46. The van der Waals surface area contributed by atoms with Crippen molar-refractivity contribution in [2.45, 2.75) is 6.42 Å². The van der Waals surface area contributed by atoms with Crippen LogP contribution in [0.2, 0.25) is 0 Å². The predicted molar refractivity (Wildman–Crippen MR) is 56.2 cm³/mol. The maximum absolute atomic E-state index is 8.81. The molecule has 1 saturated heterocycles. The van der Waals surface area contributed by atoms with Crippen molar-refractivity contribution in [1.82, 2.24) is 15.3 Å². The minimum atomic E-state index is 0.364. The van der Waals surface area contributed by atoms with Crippen molar-refractivity contribution in [1.29, 1.82) is 5.26 Å². The first-order valence-corrected chi connectivity index (χ1v) is 5.06. The Morgan fingerprint density at radius 2 is 2.40 bits per heavy atom. The minimum absolute atomic E-state index is 0.364. The molecule has 0 aromatic carbocycles. The zero-order valence-corrected chi connectivity index (χ0v) is 8.40. The summed E-state index contributed by atoms with van der Waals surface area (Å²) in [4.78, 5) is 8.03. The van der Waals surface area contributed by atoms with E-state index in [1.54, 1.807) is 6.20 Å². The van der Waals surface area contributed by atoms with E-state index < -0.39 is 0 Å². The van der Waals surface area contributed by atoms with E-state index in [2.05, 4.69) is 20.6 Å². The first-order valence-electron chi connectivity index (χ1n) is 5.06. The Bertz CT molecular complexity index is 364. The molecule has 1 aliphatic rings. The molecule has 0 spiro atoms. The molecule has 5 nitrogen and oxygen atoms in total. The van der Waals surface area contributed by atoms with Gasteiger partial charge in [0, 0.05) is 18.9 Å². The van der Waals surface area contributed by atoms with Crippen LogP contribution in [0.25, 0.3) is 0 Å². The SMILES string of the molecule is N#Cc1nccnc1NCC1CCNC1. The van der Waals surface area contributed by atoms with Gasteiger partial charge in [0.05, 0.1) is 0 Å². The van der Waals surface area contributed by atoms with E-state index in [0.29, 0.717) is 17.4 Å². The number of hydrogen-bond donors (Lipinski definition) is 2. The molecular formula is C10H13N5. The van der Waals surface area contributed by atoms with Gasteiger partial charge in [0.1, 0.15) is 6.07 Å². The predicted octanol–water partition coefficient (Wildman–Crippen LogP) is 0.370. The fraction of sp³-hybridized carbons (Fsp3) is 0.500. The maximum atomic E-state index is 8.81. The second kappa shape index (κ2) is 4.71. The quantitative estimate of drug-likeness (QED) is 0.742. The maximum Gasteiger partial charge on any atom is 0.182 e. The fourth-order valence-corrected chi connectivity index (χ4v) is 1.68. The van der Waals surface area contributed by atoms with Crippen molar-refractivity contribution in [3.63, 3.8) is 0 Å². The molecule has 0 bridgehead atoms. The molecule has 2 N–H and O–H groups in total. The van der Waals surface area contributed by atoms with Crippen LogP contribution >= 0.6 is 0 Å². The Hall–Kier alpha value is -1.67. The number of rotatable bonds is 3. The molecule has 1 aromatic rings. The van der Waals surface area contributed by atoms with Crippen LogP contribution in [0.3, 0.4) is 0 Å². The van der Waals surface area contributed by atoms with Crippen LogP contribution < -0.4 is 10.6 Å². The van der Waals surface area contributed by atoms with Crippen molar-refractivity contribution in [2.24, 2.45) is 5.92 Å². The van der Waals surface area contributed by atoms with Gasteiger partial charge < -0.3 is 10.6 Å². The molecule has 2 heterocycles. The monoisotopic (exact) mass is 203 g/mol. The summed E-state index contributed by atoms with van der Waals surface area (Å²) in [6.45, 7) is 2.97. The summed E-state index contributed by atoms with van der Waals surface area (Å²) in [5.74, 6) is 1.21. The summed E-state index contributed by atoms with van der Waals surface area (Å²) in [6, 6.07) is 2.02. The lowest BCUT2D eigenvalue weighted by atomic mass is 10.1. The van der Waals surface area contributed by atoms with Gasteiger partial charge in [-0.25, -0.2) is 9.97 Å². The standard InChI is InChI=1S/C10H13N5/c11-5-9-10(14-4-3-13-9)15-7-8-1-2-12-6-8/h3-4,8,12H,1-2,6-7H2,(H,14,15). The molecule has 78 valence electrons. The molecule has 0 aliphatic carbocycles. The van der Waals surface area contributed by atoms with Crippen LogP contribution in [0, 0.1) is 17.2 Å². The lowest BCUT2D eigenvalue weighted by Crippen LogP contribution is -2.18. The van der Waals surface area contributed by atoms with E-state index in [1.165, 1.54) is 12.6 Å². The van der Waals surface area contributed by atoms with Crippen LogP contribution in [0.5, 0.6) is 0 Å². The van der Waals surface area contributed by atoms with E-state index in [4.69, 9.17) is 5.26 Å². The summed E-state index contributed by atoms with van der Waals surface area (Å²) in [6.07, 6.45) is 4.30. The summed E-state index contributed by atoms with van der Waals surface area (Å²) in [5, 5.41) is 15.3. The first-order chi connectivity index (χ1) is 7.40. The Morgan fingerprint density at radius 3 is 3.13 bits per heavy atom. The molecule has 0 amide bonds. The molecule has 1 fully saturated rings. The third-order valence-electron chi connectivity index (χ3n) is 2.52. The van der Waals surface area contributed by atoms with Crippen molar-refractivity contribution >= 4 is 5.82 Å². The normalized spacial score (nSPS) is 19.8. The molecule has 1 aromatic heterocycles. The van der Waals surface area contributed by atoms with E-state index in [9.17, 15) is 0 Å². The van der Waals surface area contributed by atoms with Gasteiger partial charge >= 0.3 is 0 Å². The zero-order valence-electron chi connectivity index (χ0n) is 8.40. The molecule has 2 rings (SSSR count). The highest BCUT2D eigenvalue weighted by Gasteiger charge is 2.14. The van der Waals surface area contributed by atoms with Gasteiger partial charge in [0.25, 0.3) is 0 Å². The van der Waals surface area contributed by atoms with Crippen molar-refractivity contribution < 1.29 is 0 Å².